The average molecular weight is 443 g/mol. The first-order valence-electron chi connectivity index (χ1n) is 9.17. The molecule has 1 heterocycles. The first-order chi connectivity index (χ1) is 13.0. The number of nitrogens with zero attached hydrogens (tertiary/aromatic N) is 2. The Hall–Kier alpha value is -1.98. The van der Waals surface area contributed by atoms with Crippen molar-refractivity contribution >= 4 is 33.2 Å². The molecule has 3 rings (SSSR count). The minimum Gasteiger partial charge on any atom is -0.316 e. The zero-order valence-electron chi connectivity index (χ0n) is 15.8. The Morgan fingerprint density at radius 3 is 2.52 bits per heavy atom. The van der Waals surface area contributed by atoms with Crippen molar-refractivity contribution in [3.05, 3.63) is 73.8 Å². The van der Waals surface area contributed by atoms with Crippen molar-refractivity contribution in [1.29, 1.82) is 0 Å². The van der Waals surface area contributed by atoms with Gasteiger partial charge in [-0.25, -0.2) is 0 Å². The fourth-order valence-electron chi connectivity index (χ4n) is 3.09. The van der Waals surface area contributed by atoms with Gasteiger partial charge in [0.1, 0.15) is 0 Å². The summed E-state index contributed by atoms with van der Waals surface area (Å²) in [6.45, 7) is 7.03. The molecule has 0 aliphatic heterocycles. The zero-order valence-corrected chi connectivity index (χ0v) is 18.2. The molecule has 1 amide bonds. The first-order valence-corrected chi connectivity index (χ1v) is 10.8. The van der Waals surface area contributed by atoms with Crippen LogP contribution in [0.1, 0.15) is 41.1 Å². The fourth-order valence-corrected chi connectivity index (χ4v) is 4.66. The Morgan fingerprint density at radius 2 is 1.89 bits per heavy atom. The first kappa shape index (κ1) is 19.8. The van der Waals surface area contributed by atoms with E-state index >= 15 is 0 Å². The van der Waals surface area contributed by atoms with E-state index in [1.807, 2.05) is 31.2 Å². The van der Waals surface area contributed by atoms with Gasteiger partial charge in [-0.05, 0) is 50.1 Å². The molecule has 3 nitrogen and oxygen atoms in total. The lowest BCUT2D eigenvalue weighted by atomic mass is 10.1. The van der Waals surface area contributed by atoms with E-state index in [2.05, 4.69) is 63.6 Å². The number of aryl methyl sites for hydroxylation is 2. The SMILES string of the molecule is CCCc1sc(=NC(=O)c2cccc(C)c2)n(CC)c1-c1ccc(Br)cc1. The van der Waals surface area contributed by atoms with Gasteiger partial charge in [-0.1, -0.05) is 59.1 Å². The summed E-state index contributed by atoms with van der Waals surface area (Å²) in [6, 6.07) is 15.9. The fraction of sp³-hybridized carbons (Fsp3) is 0.273. The maximum atomic E-state index is 12.7. The third-order valence-corrected chi connectivity index (χ3v) is 6.02. The molecule has 27 heavy (non-hydrogen) atoms. The van der Waals surface area contributed by atoms with E-state index in [0.717, 1.165) is 39.8 Å². The molecule has 0 aliphatic rings. The van der Waals surface area contributed by atoms with Crippen molar-refractivity contribution in [2.75, 3.05) is 0 Å². The van der Waals surface area contributed by atoms with Gasteiger partial charge in [0.25, 0.3) is 5.91 Å². The van der Waals surface area contributed by atoms with Crippen LogP contribution in [0.25, 0.3) is 11.3 Å². The summed E-state index contributed by atoms with van der Waals surface area (Å²) in [7, 11) is 0. The number of hydrogen-bond acceptors (Lipinski definition) is 2. The molecule has 3 aromatic rings. The Morgan fingerprint density at radius 1 is 1.15 bits per heavy atom. The van der Waals surface area contributed by atoms with E-state index in [-0.39, 0.29) is 5.91 Å². The summed E-state index contributed by atoms with van der Waals surface area (Å²) >= 11 is 5.13. The molecule has 0 N–H and O–H groups in total. The van der Waals surface area contributed by atoms with Crippen molar-refractivity contribution in [3.63, 3.8) is 0 Å². The van der Waals surface area contributed by atoms with Crippen LogP contribution < -0.4 is 4.80 Å². The predicted molar refractivity (Wildman–Crippen MR) is 116 cm³/mol. The average Bonchev–Trinajstić information content (AvgIpc) is 2.99. The van der Waals surface area contributed by atoms with Gasteiger partial charge in [-0.3, -0.25) is 4.79 Å². The van der Waals surface area contributed by atoms with Gasteiger partial charge in [0.2, 0.25) is 0 Å². The highest BCUT2D eigenvalue weighted by molar-refractivity contribution is 9.10. The Kier molecular flexibility index (Phi) is 6.45. The Balaban J connectivity index is 2.14. The van der Waals surface area contributed by atoms with Crippen molar-refractivity contribution in [2.24, 2.45) is 4.99 Å². The second-order valence-corrected chi connectivity index (χ2v) is 8.42. The van der Waals surface area contributed by atoms with Gasteiger partial charge in [0, 0.05) is 21.5 Å². The largest absolute Gasteiger partial charge is 0.316 e. The summed E-state index contributed by atoms with van der Waals surface area (Å²) in [5.41, 5.74) is 4.03. The second kappa shape index (κ2) is 8.81. The number of aromatic nitrogens is 1. The maximum Gasteiger partial charge on any atom is 0.279 e. The van der Waals surface area contributed by atoms with Gasteiger partial charge in [0.15, 0.2) is 4.80 Å². The minimum atomic E-state index is -0.187. The highest BCUT2D eigenvalue weighted by atomic mass is 79.9. The molecule has 0 bridgehead atoms. The normalized spacial score (nSPS) is 11.8. The van der Waals surface area contributed by atoms with Crippen LogP contribution in [0.5, 0.6) is 0 Å². The molecule has 1 aromatic heterocycles. The van der Waals surface area contributed by atoms with E-state index in [4.69, 9.17) is 0 Å². The van der Waals surface area contributed by atoms with Crippen LogP contribution in [-0.4, -0.2) is 10.5 Å². The van der Waals surface area contributed by atoms with Crippen LogP contribution in [0.4, 0.5) is 0 Å². The summed E-state index contributed by atoms with van der Waals surface area (Å²) in [6.07, 6.45) is 2.03. The smallest absolute Gasteiger partial charge is 0.279 e. The molecule has 0 aliphatic carbocycles. The highest BCUT2D eigenvalue weighted by Gasteiger charge is 2.15. The minimum absolute atomic E-state index is 0.187. The second-order valence-electron chi connectivity index (χ2n) is 6.44. The van der Waals surface area contributed by atoms with Crippen LogP contribution in [0, 0.1) is 6.92 Å². The molecule has 0 saturated carbocycles. The van der Waals surface area contributed by atoms with E-state index in [1.54, 1.807) is 11.3 Å². The standard InChI is InChI=1S/C22H23BrN2OS/c1-4-7-19-20(16-10-12-18(23)13-11-16)25(5-2)22(27-19)24-21(26)17-9-6-8-15(3)14-17/h6,8-14H,4-5,7H2,1-3H3. The molecule has 0 radical (unpaired) electrons. The van der Waals surface area contributed by atoms with Crippen molar-refractivity contribution in [2.45, 2.75) is 40.2 Å². The van der Waals surface area contributed by atoms with Crippen molar-refractivity contribution in [1.82, 2.24) is 4.57 Å². The molecule has 0 spiro atoms. The quantitative estimate of drug-likeness (QED) is 0.476. The molecular weight excluding hydrogens is 420 g/mol. The van der Waals surface area contributed by atoms with Crippen LogP contribution in [0.15, 0.2) is 58.0 Å². The summed E-state index contributed by atoms with van der Waals surface area (Å²) < 4.78 is 3.22. The lowest BCUT2D eigenvalue weighted by Gasteiger charge is -2.09. The highest BCUT2D eigenvalue weighted by Crippen LogP contribution is 2.28. The maximum absolute atomic E-state index is 12.7. The predicted octanol–water partition coefficient (Wildman–Crippen LogP) is 6.00. The van der Waals surface area contributed by atoms with Gasteiger partial charge in [-0.2, -0.15) is 4.99 Å². The van der Waals surface area contributed by atoms with Crippen LogP contribution in [0.3, 0.4) is 0 Å². The van der Waals surface area contributed by atoms with Crippen LogP contribution in [0.2, 0.25) is 0 Å². The van der Waals surface area contributed by atoms with Gasteiger partial charge < -0.3 is 4.57 Å². The third-order valence-electron chi connectivity index (χ3n) is 4.35. The van der Waals surface area contributed by atoms with Gasteiger partial charge in [0.05, 0.1) is 5.69 Å². The number of rotatable bonds is 5. The lowest BCUT2D eigenvalue weighted by Crippen LogP contribution is -2.17. The van der Waals surface area contributed by atoms with Crippen LogP contribution in [-0.2, 0) is 13.0 Å². The van der Waals surface area contributed by atoms with Crippen molar-refractivity contribution < 1.29 is 4.79 Å². The molecule has 0 unspecified atom stereocenters. The number of hydrogen-bond donors (Lipinski definition) is 0. The number of carbonyl (C=O) groups excluding carboxylic acids is 1. The van der Waals surface area contributed by atoms with Crippen LogP contribution >= 0.6 is 27.3 Å². The molecule has 140 valence electrons. The number of amides is 1. The summed E-state index contributed by atoms with van der Waals surface area (Å²) in [5, 5.41) is 0. The topological polar surface area (TPSA) is 34.4 Å². The Bertz CT molecular complexity index is 1020. The molecule has 5 heteroatoms. The van der Waals surface area contributed by atoms with Crippen molar-refractivity contribution in [3.8, 4) is 11.3 Å². The van der Waals surface area contributed by atoms with E-state index in [9.17, 15) is 4.79 Å². The van der Waals surface area contributed by atoms with E-state index in [1.165, 1.54) is 10.6 Å². The van der Waals surface area contributed by atoms with Gasteiger partial charge in [-0.15, -0.1) is 11.3 Å². The summed E-state index contributed by atoms with van der Waals surface area (Å²) in [5.74, 6) is -0.187. The number of thiazole rings is 1. The zero-order chi connectivity index (χ0) is 19.4. The number of halogens is 1. The van der Waals surface area contributed by atoms with Gasteiger partial charge >= 0.3 is 0 Å². The Labute approximate surface area is 172 Å². The molecule has 0 saturated heterocycles. The number of benzene rings is 2. The van der Waals surface area contributed by atoms with E-state index in [0.29, 0.717) is 5.56 Å². The molecular formula is C22H23BrN2OS. The third kappa shape index (κ3) is 4.47. The molecule has 2 aromatic carbocycles. The lowest BCUT2D eigenvalue weighted by molar-refractivity contribution is 0.0997. The molecule has 0 fully saturated rings. The molecule has 0 atom stereocenters. The monoisotopic (exact) mass is 442 g/mol. The number of carbonyl (C=O) groups is 1. The summed E-state index contributed by atoms with van der Waals surface area (Å²) in [4.78, 5) is 19.2. The van der Waals surface area contributed by atoms with E-state index < -0.39 is 0 Å².